The van der Waals surface area contributed by atoms with E-state index in [1.165, 1.54) is 0 Å². The second-order valence-corrected chi connectivity index (χ2v) is 3.56. The fourth-order valence-corrected chi connectivity index (χ4v) is 1.94. The van der Waals surface area contributed by atoms with Crippen molar-refractivity contribution >= 4 is 11.6 Å². The van der Waals surface area contributed by atoms with E-state index < -0.39 is 0 Å². The number of hydrogen-bond acceptors (Lipinski definition) is 2. The molecule has 0 aromatic heterocycles. The van der Waals surface area contributed by atoms with Crippen LogP contribution in [0, 0.1) is 0 Å². The minimum absolute atomic E-state index is 0.0160. The van der Waals surface area contributed by atoms with Gasteiger partial charge in [0.1, 0.15) is 0 Å². The molecular weight excluding hydrogens is 176 g/mol. The van der Waals surface area contributed by atoms with E-state index in [1.807, 2.05) is 31.2 Å². The number of amides is 1. The van der Waals surface area contributed by atoms with Crippen LogP contribution >= 0.6 is 0 Å². The molecule has 74 valence electrons. The molecule has 3 heteroatoms. The lowest BCUT2D eigenvalue weighted by atomic mass is 10.0. The van der Waals surface area contributed by atoms with E-state index in [0.717, 1.165) is 11.3 Å². The summed E-state index contributed by atoms with van der Waals surface area (Å²) >= 11 is 0. The smallest absolute Gasteiger partial charge is 0.234 e. The number of rotatable bonds is 2. The standard InChI is InChI=1S/C11H14N2O/c1-8-9-4-2-3-5-10(9)13(7-6-12)11(8)14/h2-5,8H,6-7,12H2,1H3. The Morgan fingerprint density at radius 1 is 1.43 bits per heavy atom. The highest BCUT2D eigenvalue weighted by Crippen LogP contribution is 2.36. The van der Waals surface area contributed by atoms with Crippen LogP contribution in [0.5, 0.6) is 0 Å². The Morgan fingerprint density at radius 2 is 2.14 bits per heavy atom. The first-order valence-electron chi connectivity index (χ1n) is 4.86. The van der Waals surface area contributed by atoms with Gasteiger partial charge in [-0.25, -0.2) is 0 Å². The first kappa shape index (κ1) is 9.21. The predicted octanol–water partition coefficient (Wildman–Crippen LogP) is 1.10. The molecule has 0 radical (unpaired) electrons. The number of hydrogen-bond donors (Lipinski definition) is 1. The van der Waals surface area contributed by atoms with Crippen LogP contribution in [-0.4, -0.2) is 19.0 Å². The number of anilines is 1. The van der Waals surface area contributed by atoms with Gasteiger partial charge in [0.15, 0.2) is 0 Å². The average molecular weight is 190 g/mol. The Morgan fingerprint density at radius 3 is 2.86 bits per heavy atom. The maximum Gasteiger partial charge on any atom is 0.234 e. The summed E-state index contributed by atoms with van der Waals surface area (Å²) in [6, 6.07) is 7.91. The average Bonchev–Trinajstić information content (AvgIpc) is 2.45. The highest BCUT2D eigenvalue weighted by atomic mass is 16.2. The number of nitrogens with two attached hydrogens (primary N) is 1. The molecule has 0 saturated heterocycles. The zero-order valence-electron chi connectivity index (χ0n) is 8.23. The fraction of sp³-hybridized carbons (Fsp3) is 0.364. The van der Waals surface area contributed by atoms with E-state index >= 15 is 0 Å². The molecule has 1 aromatic carbocycles. The normalized spacial score (nSPS) is 20.0. The zero-order valence-corrected chi connectivity index (χ0v) is 8.23. The van der Waals surface area contributed by atoms with Crippen LogP contribution in [-0.2, 0) is 4.79 Å². The van der Waals surface area contributed by atoms with Crippen LogP contribution in [0.1, 0.15) is 18.4 Å². The van der Waals surface area contributed by atoms with Crippen molar-refractivity contribution in [1.29, 1.82) is 0 Å². The van der Waals surface area contributed by atoms with Gasteiger partial charge in [-0.2, -0.15) is 0 Å². The summed E-state index contributed by atoms with van der Waals surface area (Å²) < 4.78 is 0. The molecule has 1 heterocycles. The number of benzene rings is 1. The van der Waals surface area contributed by atoms with Crippen LogP contribution < -0.4 is 10.6 Å². The van der Waals surface area contributed by atoms with Gasteiger partial charge in [0, 0.05) is 18.8 Å². The van der Waals surface area contributed by atoms with Gasteiger partial charge in [0.05, 0.1) is 5.92 Å². The molecule has 1 aliphatic rings. The van der Waals surface area contributed by atoms with E-state index in [4.69, 9.17) is 5.73 Å². The molecule has 1 aromatic rings. The Kier molecular flexibility index (Phi) is 2.25. The molecule has 0 fully saturated rings. The number of fused-ring (bicyclic) bond motifs is 1. The third-order valence-corrected chi connectivity index (χ3v) is 2.68. The zero-order chi connectivity index (χ0) is 10.1. The molecule has 3 nitrogen and oxygen atoms in total. The van der Waals surface area contributed by atoms with Gasteiger partial charge in [-0.3, -0.25) is 4.79 Å². The minimum atomic E-state index is -0.0160. The summed E-state index contributed by atoms with van der Waals surface area (Å²) in [4.78, 5) is 13.6. The number of carbonyl (C=O) groups is 1. The fourth-order valence-electron chi connectivity index (χ4n) is 1.94. The van der Waals surface area contributed by atoms with Gasteiger partial charge in [-0.1, -0.05) is 18.2 Å². The summed E-state index contributed by atoms with van der Waals surface area (Å²) in [6.45, 7) is 3.06. The van der Waals surface area contributed by atoms with E-state index in [0.29, 0.717) is 13.1 Å². The van der Waals surface area contributed by atoms with Crippen molar-refractivity contribution in [3.8, 4) is 0 Å². The highest BCUT2D eigenvalue weighted by Gasteiger charge is 2.32. The number of para-hydroxylation sites is 1. The molecule has 1 atom stereocenters. The van der Waals surface area contributed by atoms with Gasteiger partial charge in [0.25, 0.3) is 0 Å². The van der Waals surface area contributed by atoms with Crippen LogP contribution in [0.25, 0.3) is 0 Å². The molecule has 2 rings (SSSR count). The quantitative estimate of drug-likeness (QED) is 0.759. The second kappa shape index (κ2) is 3.42. The number of carbonyl (C=O) groups excluding carboxylic acids is 1. The lowest BCUT2D eigenvalue weighted by molar-refractivity contribution is -0.118. The maximum absolute atomic E-state index is 11.8. The summed E-state index contributed by atoms with van der Waals surface area (Å²) in [7, 11) is 0. The third kappa shape index (κ3) is 1.21. The van der Waals surface area contributed by atoms with Crippen molar-refractivity contribution in [1.82, 2.24) is 0 Å². The van der Waals surface area contributed by atoms with Crippen molar-refractivity contribution in [2.75, 3.05) is 18.0 Å². The summed E-state index contributed by atoms with van der Waals surface area (Å²) in [5, 5.41) is 0. The van der Waals surface area contributed by atoms with Crippen LogP contribution in [0.2, 0.25) is 0 Å². The Labute approximate surface area is 83.5 Å². The first-order chi connectivity index (χ1) is 6.75. The predicted molar refractivity (Wildman–Crippen MR) is 56.3 cm³/mol. The molecule has 14 heavy (non-hydrogen) atoms. The van der Waals surface area contributed by atoms with Crippen LogP contribution in [0.15, 0.2) is 24.3 Å². The second-order valence-electron chi connectivity index (χ2n) is 3.56. The Hall–Kier alpha value is -1.35. The lowest BCUT2D eigenvalue weighted by Gasteiger charge is -2.15. The van der Waals surface area contributed by atoms with E-state index in [-0.39, 0.29) is 11.8 Å². The van der Waals surface area contributed by atoms with E-state index in [2.05, 4.69) is 0 Å². The molecule has 1 unspecified atom stereocenters. The van der Waals surface area contributed by atoms with Gasteiger partial charge in [-0.05, 0) is 18.6 Å². The monoisotopic (exact) mass is 190 g/mol. The number of nitrogens with zero attached hydrogens (tertiary/aromatic N) is 1. The summed E-state index contributed by atoms with van der Waals surface area (Å²) in [6.07, 6.45) is 0. The van der Waals surface area contributed by atoms with Crippen molar-refractivity contribution in [3.63, 3.8) is 0 Å². The van der Waals surface area contributed by atoms with Gasteiger partial charge in [0.2, 0.25) is 5.91 Å². The van der Waals surface area contributed by atoms with Crippen LogP contribution in [0.3, 0.4) is 0 Å². The maximum atomic E-state index is 11.8. The van der Waals surface area contributed by atoms with Crippen LogP contribution in [0.4, 0.5) is 5.69 Å². The van der Waals surface area contributed by atoms with Crippen molar-refractivity contribution < 1.29 is 4.79 Å². The summed E-state index contributed by atoms with van der Waals surface area (Å²) in [5.41, 5.74) is 7.62. The van der Waals surface area contributed by atoms with Gasteiger partial charge in [-0.15, -0.1) is 0 Å². The topological polar surface area (TPSA) is 46.3 Å². The first-order valence-corrected chi connectivity index (χ1v) is 4.86. The molecule has 0 aliphatic carbocycles. The van der Waals surface area contributed by atoms with E-state index in [9.17, 15) is 4.79 Å². The third-order valence-electron chi connectivity index (χ3n) is 2.68. The largest absolute Gasteiger partial charge is 0.329 e. The van der Waals surface area contributed by atoms with Gasteiger partial charge >= 0.3 is 0 Å². The van der Waals surface area contributed by atoms with Crippen molar-refractivity contribution in [2.45, 2.75) is 12.8 Å². The highest BCUT2D eigenvalue weighted by molar-refractivity contribution is 6.04. The molecular formula is C11H14N2O. The van der Waals surface area contributed by atoms with E-state index in [1.54, 1.807) is 4.90 Å². The molecule has 1 aliphatic heterocycles. The van der Waals surface area contributed by atoms with Crippen molar-refractivity contribution in [2.24, 2.45) is 5.73 Å². The Balaban J connectivity index is 2.42. The molecule has 2 N–H and O–H groups in total. The lowest BCUT2D eigenvalue weighted by Crippen LogP contribution is -2.32. The molecule has 1 amide bonds. The SMILES string of the molecule is CC1C(=O)N(CCN)c2ccccc21. The Bertz CT molecular complexity index is 362. The van der Waals surface area contributed by atoms with Gasteiger partial charge < -0.3 is 10.6 Å². The van der Waals surface area contributed by atoms with Crippen molar-refractivity contribution in [3.05, 3.63) is 29.8 Å². The molecule has 0 saturated carbocycles. The molecule has 0 spiro atoms. The minimum Gasteiger partial charge on any atom is -0.329 e. The molecule has 0 bridgehead atoms. The summed E-state index contributed by atoms with van der Waals surface area (Å²) in [5.74, 6) is 0.148.